The summed E-state index contributed by atoms with van der Waals surface area (Å²) in [6, 6.07) is 0.455. The molecule has 0 aromatic carbocycles. The van der Waals surface area contributed by atoms with Crippen LogP contribution in [0.5, 0.6) is 0 Å². The summed E-state index contributed by atoms with van der Waals surface area (Å²) in [7, 11) is -1.62. The van der Waals surface area contributed by atoms with E-state index < -0.39 is 18.9 Å². The molecule has 0 N–H and O–H groups in total. The summed E-state index contributed by atoms with van der Waals surface area (Å²) in [5, 5.41) is 0. The van der Waals surface area contributed by atoms with Crippen LogP contribution >= 0.6 is 0 Å². The summed E-state index contributed by atoms with van der Waals surface area (Å²) in [4.78, 5) is 0. The highest BCUT2D eigenvalue weighted by Gasteiger charge is 2.37. The van der Waals surface area contributed by atoms with Gasteiger partial charge in [-0.15, -0.1) is 0 Å². The quantitative estimate of drug-likeness (QED) is 0.216. The van der Waals surface area contributed by atoms with E-state index >= 15 is 0 Å². The standard InChI is InChI=1S/C16H36O6SSi/c1-5-6-7-8-9-10-11-12-14-22-23(17,18)15-13-16-24(19-2,20-3)21-4/h5-16H2,1-4H3. The van der Waals surface area contributed by atoms with Crippen LogP contribution in [0.3, 0.4) is 0 Å². The van der Waals surface area contributed by atoms with Crippen molar-refractivity contribution in [2.75, 3.05) is 33.7 Å². The molecule has 0 unspecified atom stereocenters. The first-order chi connectivity index (χ1) is 11.4. The second kappa shape index (κ2) is 14.2. The zero-order valence-corrected chi connectivity index (χ0v) is 17.7. The summed E-state index contributed by atoms with van der Waals surface area (Å²) in [5.74, 6) is -0.0329. The van der Waals surface area contributed by atoms with Crippen LogP contribution in [-0.2, 0) is 27.6 Å². The normalized spacial score (nSPS) is 12.7. The maximum atomic E-state index is 11.9. The average molecular weight is 385 g/mol. The molecular formula is C16H36O6SSi. The molecule has 0 fully saturated rings. The van der Waals surface area contributed by atoms with Crippen molar-refractivity contribution in [1.29, 1.82) is 0 Å². The highest BCUT2D eigenvalue weighted by Crippen LogP contribution is 2.16. The summed E-state index contributed by atoms with van der Waals surface area (Å²) in [6.07, 6.45) is 9.74. The summed E-state index contributed by atoms with van der Waals surface area (Å²) in [5.41, 5.74) is 0. The van der Waals surface area contributed by atoms with E-state index in [2.05, 4.69) is 6.92 Å². The fourth-order valence-electron chi connectivity index (χ4n) is 2.50. The largest absolute Gasteiger partial charge is 0.500 e. The minimum Gasteiger partial charge on any atom is -0.377 e. The summed E-state index contributed by atoms with van der Waals surface area (Å²) in [6.45, 7) is 2.48. The van der Waals surface area contributed by atoms with E-state index in [1.165, 1.54) is 53.4 Å². The van der Waals surface area contributed by atoms with E-state index in [0.717, 1.165) is 19.3 Å². The van der Waals surface area contributed by atoms with Crippen LogP contribution in [-0.4, -0.2) is 50.9 Å². The van der Waals surface area contributed by atoms with Crippen molar-refractivity contribution in [1.82, 2.24) is 0 Å². The molecule has 0 radical (unpaired) electrons. The number of rotatable bonds is 17. The molecule has 0 saturated heterocycles. The Morgan fingerprint density at radius 1 is 0.750 bits per heavy atom. The van der Waals surface area contributed by atoms with Crippen molar-refractivity contribution >= 4 is 18.9 Å². The smallest absolute Gasteiger partial charge is 0.377 e. The van der Waals surface area contributed by atoms with Gasteiger partial charge in [0.2, 0.25) is 0 Å². The van der Waals surface area contributed by atoms with Crippen LogP contribution in [0, 0.1) is 0 Å². The lowest BCUT2D eigenvalue weighted by molar-refractivity contribution is 0.123. The molecule has 0 aromatic rings. The molecule has 0 aliphatic carbocycles. The van der Waals surface area contributed by atoms with Gasteiger partial charge in [-0.2, -0.15) is 8.42 Å². The van der Waals surface area contributed by atoms with Crippen LogP contribution < -0.4 is 0 Å². The van der Waals surface area contributed by atoms with Crippen LogP contribution in [0.4, 0.5) is 0 Å². The summed E-state index contributed by atoms with van der Waals surface area (Å²) < 4.78 is 44.6. The fourth-order valence-corrected chi connectivity index (χ4v) is 5.47. The first-order valence-corrected chi connectivity index (χ1v) is 12.5. The van der Waals surface area contributed by atoms with E-state index in [-0.39, 0.29) is 12.4 Å². The van der Waals surface area contributed by atoms with Crippen LogP contribution in [0.2, 0.25) is 6.04 Å². The van der Waals surface area contributed by atoms with Crippen molar-refractivity contribution in [2.24, 2.45) is 0 Å². The Morgan fingerprint density at radius 3 is 1.75 bits per heavy atom. The lowest BCUT2D eigenvalue weighted by atomic mass is 10.1. The molecule has 0 bridgehead atoms. The van der Waals surface area contributed by atoms with Gasteiger partial charge in [-0.05, 0) is 12.8 Å². The van der Waals surface area contributed by atoms with E-state index in [9.17, 15) is 8.42 Å². The van der Waals surface area contributed by atoms with Gasteiger partial charge in [0, 0.05) is 27.4 Å². The minimum atomic E-state index is -3.48. The first kappa shape index (κ1) is 24.0. The van der Waals surface area contributed by atoms with E-state index in [1.54, 1.807) is 0 Å². The molecule has 0 aliphatic rings. The van der Waals surface area contributed by atoms with Gasteiger partial charge in [0.1, 0.15) is 0 Å². The van der Waals surface area contributed by atoms with Gasteiger partial charge in [0.05, 0.1) is 12.4 Å². The average Bonchev–Trinajstić information content (AvgIpc) is 2.57. The molecule has 0 spiro atoms. The highest BCUT2D eigenvalue weighted by molar-refractivity contribution is 7.86. The second-order valence-electron chi connectivity index (χ2n) is 5.96. The van der Waals surface area contributed by atoms with E-state index in [4.69, 9.17) is 17.5 Å². The van der Waals surface area contributed by atoms with Gasteiger partial charge in [-0.25, -0.2) is 0 Å². The Balaban J connectivity index is 3.76. The fraction of sp³-hybridized carbons (Fsp3) is 1.00. The van der Waals surface area contributed by atoms with Gasteiger partial charge in [-0.3, -0.25) is 4.18 Å². The maximum Gasteiger partial charge on any atom is 0.500 e. The zero-order chi connectivity index (χ0) is 18.3. The lowest BCUT2D eigenvalue weighted by Gasteiger charge is -2.24. The Kier molecular flexibility index (Phi) is 14.2. The predicted molar refractivity (Wildman–Crippen MR) is 98.6 cm³/mol. The maximum absolute atomic E-state index is 11.9. The Morgan fingerprint density at radius 2 is 1.25 bits per heavy atom. The van der Waals surface area contributed by atoms with Gasteiger partial charge in [0.15, 0.2) is 0 Å². The van der Waals surface area contributed by atoms with Crippen molar-refractivity contribution < 1.29 is 25.9 Å². The molecule has 0 aliphatic heterocycles. The van der Waals surface area contributed by atoms with Crippen LogP contribution in [0.25, 0.3) is 0 Å². The lowest BCUT2D eigenvalue weighted by Crippen LogP contribution is -2.42. The molecule has 0 saturated carbocycles. The molecule has 146 valence electrons. The molecule has 6 nitrogen and oxygen atoms in total. The molecular weight excluding hydrogens is 348 g/mol. The molecule has 8 heteroatoms. The topological polar surface area (TPSA) is 71.1 Å². The minimum absolute atomic E-state index is 0.0329. The molecule has 0 amide bonds. The van der Waals surface area contributed by atoms with Gasteiger partial charge >= 0.3 is 8.80 Å². The monoisotopic (exact) mass is 384 g/mol. The second-order valence-corrected chi connectivity index (χ2v) is 10.8. The molecule has 0 aromatic heterocycles. The van der Waals surface area contributed by atoms with Gasteiger partial charge in [-0.1, -0.05) is 51.9 Å². The van der Waals surface area contributed by atoms with E-state index in [1.807, 2.05) is 0 Å². The summed E-state index contributed by atoms with van der Waals surface area (Å²) >= 11 is 0. The van der Waals surface area contributed by atoms with Gasteiger partial charge in [0.25, 0.3) is 10.1 Å². The number of hydrogen-bond acceptors (Lipinski definition) is 6. The first-order valence-electron chi connectivity index (χ1n) is 8.98. The predicted octanol–water partition coefficient (Wildman–Crippen LogP) is 3.74. The Hall–Kier alpha value is 0.00688. The number of hydrogen-bond donors (Lipinski definition) is 0. The van der Waals surface area contributed by atoms with Crippen LogP contribution in [0.15, 0.2) is 0 Å². The number of unbranched alkanes of at least 4 members (excludes halogenated alkanes) is 7. The Bertz CT molecular complexity index is 376. The SMILES string of the molecule is CCCCCCCCCCOS(=O)(=O)CCC[Si](OC)(OC)OC. The molecule has 24 heavy (non-hydrogen) atoms. The van der Waals surface area contributed by atoms with Crippen molar-refractivity contribution in [2.45, 2.75) is 70.8 Å². The van der Waals surface area contributed by atoms with E-state index in [0.29, 0.717) is 12.5 Å². The highest BCUT2D eigenvalue weighted by atomic mass is 32.2. The molecule has 0 atom stereocenters. The van der Waals surface area contributed by atoms with Gasteiger partial charge < -0.3 is 13.3 Å². The zero-order valence-electron chi connectivity index (χ0n) is 15.8. The molecule has 0 heterocycles. The van der Waals surface area contributed by atoms with Crippen LogP contribution in [0.1, 0.15) is 64.7 Å². The third-order valence-corrected chi connectivity index (χ3v) is 8.22. The van der Waals surface area contributed by atoms with Crippen molar-refractivity contribution in [3.8, 4) is 0 Å². The van der Waals surface area contributed by atoms with Crippen molar-refractivity contribution in [3.63, 3.8) is 0 Å². The third kappa shape index (κ3) is 11.5. The molecule has 0 rings (SSSR count). The Labute approximate surface area is 149 Å². The third-order valence-electron chi connectivity index (χ3n) is 4.07. The van der Waals surface area contributed by atoms with Crippen molar-refractivity contribution in [3.05, 3.63) is 0 Å².